The van der Waals surface area contributed by atoms with Crippen LogP contribution in [0.2, 0.25) is 0 Å². The summed E-state index contributed by atoms with van der Waals surface area (Å²) in [6.07, 6.45) is 0. The van der Waals surface area contributed by atoms with E-state index in [4.69, 9.17) is 5.14 Å². The summed E-state index contributed by atoms with van der Waals surface area (Å²) < 4.78 is 22.8. The van der Waals surface area contributed by atoms with Crippen molar-refractivity contribution in [2.75, 3.05) is 7.05 Å². The Morgan fingerprint density at radius 2 is 1.89 bits per heavy atom. The quantitative estimate of drug-likeness (QED) is 0.680. The van der Waals surface area contributed by atoms with E-state index < -0.39 is 10.0 Å². The molecule has 0 spiro atoms. The van der Waals surface area contributed by atoms with E-state index in [1.807, 2.05) is 31.4 Å². The van der Waals surface area contributed by atoms with Crippen molar-refractivity contribution in [1.82, 2.24) is 9.88 Å². The van der Waals surface area contributed by atoms with Gasteiger partial charge in [0.15, 0.2) is 0 Å². The largest absolute Gasteiger partial charge is 0.334 e. The summed E-state index contributed by atoms with van der Waals surface area (Å²) >= 11 is 2.97. The third kappa shape index (κ3) is 4.11. The first kappa shape index (κ1) is 19.7. The molecule has 1 amide bonds. The first-order valence-corrected chi connectivity index (χ1v) is 11.3. The van der Waals surface area contributed by atoms with Crippen molar-refractivity contribution < 1.29 is 13.2 Å². The fraction of sp³-hybridized carbons (Fsp3) is 0.222. The van der Waals surface area contributed by atoms with Gasteiger partial charge in [-0.1, -0.05) is 18.2 Å². The maximum Gasteiger partial charge on any atom is 0.266 e. The van der Waals surface area contributed by atoms with Crippen molar-refractivity contribution >= 4 is 38.6 Å². The van der Waals surface area contributed by atoms with Crippen molar-refractivity contribution in [2.45, 2.75) is 24.8 Å². The molecule has 2 heterocycles. The van der Waals surface area contributed by atoms with Gasteiger partial charge in [0.25, 0.3) is 5.91 Å². The number of carbonyl (C=O) groups excluding carboxylic acids is 1. The van der Waals surface area contributed by atoms with Crippen LogP contribution in [0.3, 0.4) is 0 Å². The fourth-order valence-corrected chi connectivity index (χ4v) is 4.96. The number of amides is 1. The van der Waals surface area contributed by atoms with Crippen LogP contribution in [0.15, 0.2) is 46.7 Å². The molecule has 1 atom stereocenters. The number of aryl methyl sites for hydroxylation is 1. The number of hydrogen-bond acceptors (Lipinski definition) is 6. The summed E-state index contributed by atoms with van der Waals surface area (Å²) in [5.74, 6) is -0.115. The highest BCUT2D eigenvalue weighted by Gasteiger charge is 2.24. The highest BCUT2D eigenvalue weighted by atomic mass is 32.2. The lowest BCUT2D eigenvalue weighted by Crippen LogP contribution is -2.29. The van der Waals surface area contributed by atoms with Crippen LogP contribution in [0.25, 0.3) is 9.88 Å². The van der Waals surface area contributed by atoms with Gasteiger partial charge >= 0.3 is 0 Å². The Kier molecular flexibility index (Phi) is 5.48. The van der Waals surface area contributed by atoms with Crippen LogP contribution in [0.5, 0.6) is 0 Å². The van der Waals surface area contributed by atoms with E-state index >= 15 is 0 Å². The minimum Gasteiger partial charge on any atom is -0.334 e. The van der Waals surface area contributed by atoms with Crippen LogP contribution in [0.1, 0.15) is 33.9 Å². The molecule has 0 aliphatic rings. The normalized spacial score (nSPS) is 12.7. The molecule has 1 unspecified atom stereocenters. The third-order valence-corrected chi connectivity index (χ3v) is 7.43. The zero-order valence-electron chi connectivity index (χ0n) is 15.0. The molecule has 2 N–H and O–H groups in total. The number of benzene rings is 1. The molecule has 0 saturated carbocycles. The van der Waals surface area contributed by atoms with Gasteiger partial charge in [0.1, 0.15) is 9.88 Å². The average Bonchev–Trinajstić information content (AvgIpc) is 3.28. The first-order chi connectivity index (χ1) is 12.7. The number of carbonyl (C=O) groups is 1. The molecule has 9 heteroatoms. The standard InChI is InChI=1S/C18H19N3O3S3/c1-11-16(26-17(20-11)15-5-4-10-25-15)18(22)21(3)12(2)13-6-8-14(9-7-13)27(19,23)24/h4-10,12H,1-3H3,(H2,19,23,24). The van der Waals surface area contributed by atoms with E-state index in [9.17, 15) is 13.2 Å². The van der Waals surface area contributed by atoms with Gasteiger partial charge in [-0.25, -0.2) is 18.5 Å². The third-order valence-electron chi connectivity index (χ3n) is 4.32. The lowest BCUT2D eigenvalue weighted by atomic mass is 10.1. The Morgan fingerprint density at radius 1 is 1.22 bits per heavy atom. The minimum absolute atomic E-state index is 0.0475. The van der Waals surface area contributed by atoms with Crippen molar-refractivity contribution in [3.8, 4) is 9.88 Å². The summed E-state index contributed by atoms with van der Waals surface area (Å²) in [6.45, 7) is 3.72. The molecule has 0 radical (unpaired) electrons. The number of thiophene rings is 1. The van der Waals surface area contributed by atoms with E-state index in [2.05, 4.69) is 4.98 Å². The van der Waals surface area contributed by atoms with Crippen LogP contribution in [0, 0.1) is 6.92 Å². The molecule has 0 fully saturated rings. The number of hydrogen-bond donors (Lipinski definition) is 1. The van der Waals surface area contributed by atoms with E-state index in [1.165, 1.54) is 23.5 Å². The van der Waals surface area contributed by atoms with Gasteiger partial charge in [-0.3, -0.25) is 4.79 Å². The summed E-state index contributed by atoms with van der Waals surface area (Å²) in [5, 5.41) is 7.95. The molecular formula is C18H19N3O3S3. The van der Waals surface area contributed by atoms with Crippen molar-refractivity contribution in [3.63, 3.8) is 0 Å². The Labute approximate surface area is 166 Å². The SMILES string of the molecule is Cc1nc(-c2cccs2)sc1C(=O)N(C)C(C)c1ccc(S(N)(=O)=O)cc1. The Bertz CT molecular complexity index is 1060. The van der Waals surface area contributed by atoms with Crippen LogP contribution < -0.4 is 5.14 Å². The number of sulfonamides is 1. The highest BCUT2D eigenvalue weighted by molar-refractivity contribution is 7.89. The van der Waals surface area contributed by atoms with Gasteiger partial charge in [0.05, 0.1) is 21.5 Å². The molecule has 3 aromatic rings. The summed E-state index contributed by atoms with van der Waals surface area (Å²) in [7, 11) is -2.01. The van der Waals surface area contributed by atoms with Crippen molar-refractivity contribution in [2.24, 2.45) is 5.14 Å². The number of aromatic nitrogens is 1. The van der Waals surface area contributed by atoms with Gasteiger partial charge in [-0.15, -0.1) is 22.7 Å². The van der Waals surface area contributed by atoms with Crippen molar-refractivity contribution in [3.05, 3.63) is 57.9 Å². The molecule has 142 valence electrons. The molecule has 0 saturated heterocycles. The van der Waals surface area contributed by atoms with Crippen LogP contribution in [-0.2, 0) is 10.0 Å². The lowest BCUT2D eigenvalue weighted by Gasteiger charge is -2.25. The lowest BCUT2D eigenvalue weighted by molar-refractivity contribution is 0.0746. The number of thiazole rings is 1. The summed E-state index contributed by atoms with van der Waals surface area (Å²) in [6, 6.07) is 9.95. The number of nitrogens with two attached hydrogens (primary N) is 1. The molecule has 0 aliphatic heterocycles. The van der Waals surface area contributed by atoms with E-state index in [0.717, 1.165) is 15.4 Å². The van der Waals surface area contributed by atoms with Crippen LogP contribution >= 0.6 is 22.7 Å². The van der Waals surface area contributed by atoms with E-state index in [-0.39, 0.29) is 16.8 Å². The van der Waals surface area contributed by atoms with Gasteiger partial charge in [0, 0.05) is 7.05 Å². The molecule has 0 bridgehead atoms. The maximum absolute atomic E-state index is 13.0. The second-order valence-electron chi connectivity index (χ2n) is 6.12. The molecule has 2 aromatic heterocycles. The predicted octanol–water partition coefficient (Wildman–Crippen LogP) is 3.66. The van der Waals surface area contributed by atoms with Crippen LogP contribution in [0.4, 0.5) is 0 Å². The second-order valence-corrected chi connectivity index (χ2v) is 9.63. The first-order valence-electron chi connectivity index (χ1n) is 8.09. The van der Waals surface area contributed by atoms with Crippen molar-refractivity contribution in [1.29, 1.82) is 0 Å². The van der Waals surface area contributed by atoms with Crippen LogP contribution in [-0.4, -0.2) is 31.3 Å². The number of rotatable bonds is 5. The Morgan fingerprint density at radius 3 is 2.44 bits per heavy atom. The molecule has 6 nitrogen and oxygen atoms in total. The van der Waals surface area contributed by atoms with Gasteiger partial charge in [-0.05, 0) is 43.0 Å². The fourth-order valence-electron chi connectivity index (χ4n) is 2.60. The molecule has 1 aromatic carbocycles. The molecular weight excluding hydrogens is 402 g/mol. The van der Waals surface area contributed by atoms with E-state index in [1.54, 1.807) is 35.4 Å². The monoisotopic (exact) mass is 421 g/mol. The summed E-state index contributed by atoms with van der Waals surface area (Å²) in [5.41, 5.74) is 1.52. The predicted molar refractivity (Wildman–Crippen MR) is 108 cm³/mol. The molecule has 0 aliphatic carbocycles. The molecule has 27 heavy (non-hydrogen) atoms. The highest BCUT2D eigenvalue weighted by Crippen LogP contribution is 2.32. The minimum atomic E-state index is -3.74. The molecule has 3 rings (SSSR count). The second kappa shape index (κ2) is 7.51. The topological polar surface area (TPSA) is 93.4 Å². The van der Waals surface area contributed by atoms with Gasteiger partial charge in [0.2, 0.25) is 10.0 Å². The van der Waals surface area contributed by atoms with E-state index in [0.29, 0.717) is 10.6 Å². The van der Waals surface area contributed by atoms with Gasteiger partial charge in [-0.2, -0.15) is 0 Å². The van der Waals surface area contributed by atoms with Gasteiger partial charge < -0.3 is 4.90 Å². The average molecular weight is 422 g/mol. The number of nitrogens with zero attached hydrogens (tertiary/aromatic N) is 2. The maximum atomic E-state index is 13.0. The zero-order valence-corrected chi connectivity index (χ0v) is 17.5. The Balaban J connectivity index is 1.83. The smallest absolute Gasteiger partial charge is 0.266 e. The number of primary sulfonamides is 1. The zero-order chi connectivity index (χ0) is 19.8. The Hall–Kier alpha value is -2.07. The summed E-state index contributed by atoms with van der Waals surface area (Å²) in [4.78, 5) is 20.8.